The minimum atomic E-state index is -4.29. The van der Waals surface area contributed by atoms with E-state index in [0.717, 1.165) is 16.3 Å². The molecule has 15 heteroatoms. The molecule has 272 valence electrons. The second kappa shape index (κ2) is 18.4. The summed E-state index contributed by atoms with van der Waals surface area (Å²) in [5.74, 6) is -4.29. The molecule has 1 aliphatic rings. The number of amides is 5. The van der Waals surface area contributed by atoms with Gasteiger partial charge in [-0.1, -0.05) is 79.6 Å². The molecular weight excluding hydrogens is 677 g/mol. The van der Waals surface area contributed by atoms with Gasteiger partial charge in [-0.25, -0.2) is 0 Å². The van der Waals surface area contributed by atoms with Gasteiger partial charge in [0.15, 0.2) is 0 Å². The molecule has 2 unspecified atom stereocenters. The summed E-state index contributed by atoms with van der Waals surface area (Å²) in [4.78, 5) is 93.7. The van der Waals surface area contributed by atoms with Crippen molar-refractivity contribution in [3.8, 4) is 0 Å². The summed E-state index contributed by atoms with van der Waals surface area (Å²) in [6, 6.07) is 17.1. The maximum Gasteiger partial charge on any atom is 0.329 e. The van der Waals surface area contributed by atoms with Crippen LogP contribution in [-0.4, -0.2) is 70.3 Å². The smallest absolute Gasteiger partial charge is 0.329 e. The average molecular weight is 722 g/mol. The second-order valence-electron chi connectivity index (χ2n) is 12.8. The SMILES string of the molecule is NC(=O)C[C@H](NC(=O)C1CCCCC1NC(=O)[C@H](Cc1ccc(CP(=O)(O)O)cc1)NC(=O)C=O)C(=O)NCCCc1cccc2ccccc12. The Labute approximate surface area is 295 Å². The summed E-state index contributed by atoms with van der Waals surface area (Å²) >= 11 is 0. The van der Waals surface area contributed by atoms with Crippen molar-refractivity contribution in [3.05, 3.63) is 83.4 Å². The largest absolute Gasteiger partial charge is 0.370 e. The molecule has 1 saturated carbocycles. The predicted molar refractivity (Wildman–Crippen MR) is 189 cm³/mol. The van der Waals surface area contributed by atoms with E-state index in [1.807, 2.05) is 42.5 Å². The number of nitrogens with two attached hydrogens (primary N) is 1. The topological polar surface area (TPSA) is 234 Å². The summed E-state index contributed by atoms with van der Waals surface area (Å²) in [5, 5.41) is 12.9. The molecule has 5 amide bonds. The maximum atomic E-state index is 13.6. The van der Waals surface area contributed by atoms with E-state index in [9.17, 15) is 43.1 Å². The Morgan fingerprint density at radius 3 is 2.25 bits per heavy atom. The molecule has 1 aliphatic carbocycles. The fourth-order valence-electron chi connectivity index (χ4n) is 6.38. The van der Waals surface area contributed by atoms with Crippen molar-refractivity contribution in [3.63, 3.8) is 0 Å². The first-order valence-corrected chi connectivity index (χ1v) is 18.6. The summed E-state index contributed by atoms with van der Waals surface area (Å²) in [7, 11) is -4.29. The molecule has 3 aromatic rings. The molecule has 4 atom stereocenters. The number of benzene rings is 3. The molecule has 0 radical (unpaired) electrons. The van der Waals surface area contributed by atoms with Gasteiger partial charge in [-0.05, 0) is 53.1 Å². The number of fused-ring (bicyclic) bond motifs is 1. The summed E-state index contributed by atoms with van der Waals surface area (Å²) in [6.07, 6.45) is 2.62. The lowest BCUT2D eigenvalue weighted by Gasteiger charge is -2.33. The van der Waals surface area contributed by atoms with Crippen LogP contribution in [0.5, 0.6) is 0 Å². The van der Waals surface area contributed by atoms with Crippen LogP contribution in [0.3, 0.4) is 0 Å². The average Bonchev–Trinajstić information content (AvgIpc) is 3.09. The van der Waals surface area contributed by atoms with Crippen molar-refractivity contribution in [2.45, 2.75) is 75.7 Å². The highest BCUT2D eigenvalue weighted by atomic mass is 31.2. The number of nitrogens with one attached hydrogen (secondary N) is 4. The Balaban J connectivity index is 1.37. The number of hydrogen-bond acceptors (Lipinski definition) is 7. The third-order valence-electron chi connectivity index (χ3n) is 8.86. The number of carbonyl (C=O) groups is 6. The molecule has 0 bridgehead atoms. The number of carbonyl (C=O) groups excluding carboxylic acids is 6. The van der Waals surface area contributed by atoms with Gasteiger partial charge in [0.05, 0.1) is 18.5 Å². The van der Waals surface area contributed by atoms with Crippen LogP contribution in [0.2, 0.25) is 0 Å². The van der Waals surface area contributed by atoms with E-state index in [4.69, 9.17) is 5.73 Å². The van der Waals surface area contributed by atoms with E-state index in [0.29, 0.717) is 56.2 Å². The first-order chi connectivity index (χ1) is 24.3. The Hall–Kier alpha value is -4.91. The predicted octanol–water partition coefficient (Wildman–Crippen LogP) is 1.53. The molecule has 4 rings (SSSR count). The molecule has 0 aromatic heterocycles. The monoisotopic (exact) mass is 721 g/mol. The van der Waals surface area contributed by atoms with E-state index < -0.39 is 73.8 Å². The van der Waals surface area contributed by atoms with Crippen LogP contribution in [-0.2, 0) is 52.3 Å². The molecule has 3 aromatic carbocycles. The maximum absolute atomic E-state index is 13.6. The first kappa shape index (κ1) is 38.9. The van der Waals surface area contributed by atoms with Crippen molar-refractivity contribution in [2.24, 2.45) is 11.7 Å². The van der Waals surface area contributed by atoms with Gasteiger partial charge >= 0.3 is 7.60 Å². The van der Waals surface area contributed by atoms with Crippen LogP contribution < -0.4 is 27.0 Å². The molecule has 14 nitrogen and oxygen atoms in total. The highest BCUT2D eigenvalue weighted by Crippen LogP contribution is 2.39. The van der Waals surface area contributed by atoms with E-state index in [-0.39, 0.29) is 12.7 Å². The number of hydrogen-bond donors (Lipinski definition) is 7. The Bertz CT molecular complexity index is 1770. The van der Waals surface area contributed by atoms with Crippen LogP contribution in [0.4, 0.5) is 0 Å². The van der Waals surface area contributed by atoms with Crippen LogP contribution in [0.25, 0.3) is 10.8 Å². The molecule has 0 spiro atoms. The molecule has 0 saturated heterocycles. The highest BCUT2D eigenvalue weighted by molar-refractivity contribution is 7.50. The van der Waals surface area contributed by atoms with Gasteiger partial charge in [0.2, 0.25) is 29.9 Å². The second-order valence-corrected chi connectivity index (χ2v) is 14.4. The molecule has 1 fully saturated rings. The third kappa shape index (κ3) is 12.1. The fraction of sp³-hybridized carbons (Fsp3) is 0.389. The van der Waals surface area contributed by atoms with Crippen molar-refractivity contribution < 1.29 is 43.1 Å². The van der Waals surface area contributed by atoms with Crippen molar-refractivity contribution in [2.75, 3.05) is 6.54 Å². The lowest BCUT2D eigenvalue weighted by atomic mass is 9.83. The van der Waals surface area contributed by atoms with Crippen molar-refractivity contribution in [1.29, 1.82) is 0 Å². The first-order valence-electron chi connectivity index (χ1n) is 16.8. The van der Waals surface area contributed by atoms with E-state index >= 15 is 0 Å². The Kier molecular flexibility index (Phi) is 14.0. The Morgan fingerprint density at radius 1 is 0.863 bits per heavy atom. The number of rotatable bonds is 17. The summed E-state index contributed by atoms with van der Waals surface area (Å²) in [5.41, 5.74) is 7.49. The number of primary amides is 1. The molecule has 0 aliphatic heterocycles. The number of aldehydes is 1. The van der Waals surface area contributed by atoms with Gasteiger partial charge in [-0.15, -0.1) is 0 Å². The zero-order valence-electron chi connectivity index (χ0n) is 28.1. The van der Waals surface area contributed by atoms with Crippen molar-refractivity contribution in [1.82, 2.24) is 21.3 Å². The Morgan fingerprint density at radius 2 is 1.55 bits per heavy atom. The van der Waals surface area contributed by atoms with E-state index in [2.05, 4.69) is 21.3 Å². The normalized spacial score (nSPS) is 17.1. The molecule has 0 heterocycles. The lowest BCUT2D eigenvalue weighted by Crippen LogP contribution is -2.57. The summed E-state index contributed by atoms with van der Waals surface area (Å²) < 4.78 is 11.3. The van der Waals surface area contributed by atoms with Crippen LogP contribution in [0.15, 0.2) is 66.7 Å². The van der Waals surface area contributed by atoms with Gasteiger partial charge < -0.3 is 36.8 Å². The highest BCUT2D eigenvalue weighted by Gasteiger charge is 2.36. The zero-order valence-corrected chi connectivity index (χ0v) is 29.0. The van der Waals surface area contributed by atoms with Gasteiger partial charge in [-0.2, -0.15) is 0 Å². The minimum Gasteiger partial charge on any atom is -0.370 e. The fourth-order valence-corrected chi connectivity index (χ4v) is 7.07. The van der Waals surface area contributed by atoms with Gasteiger partial charge in [-0.3, -0.25) is 33.3 Å². The standard InChI is InChI=1S/C36H44N5O9P/c37-32(43)20-31(35(46)38-18-6-10-26-9-5-8-25-7-1-2-11-27(25)26)41-34(45)28-12-3-4-13-29(28)40-36(47)30(39-33(44)21-42)19-23-14-16-24(17-15-23)22-51(48,49)50/h1-2,5,7-9,11,14-17,21,28-31H,3-4,6,10,12-13,18-20,22H2,(H2,37,43)(H,38,46)(H,39,44)(H,40,47)(H,41,45)(H2,48,49,50)/t28?,29?,30-,31-/m0/s1. The number of aryl methyl sites for hydroxylation is 1. The van der Waals surface area contributed by atoms with Gasteiger partial charge in [0, 0.05) is 19.0 Å². The minimum absolute atomic E-state index is 0.0356. The van der Waals surface area contributed by atoms with Crippen molar-refractivity contribution >= 4 is 54.2 Å². The quantitative estimate of drug-likeness (QED) is 0.0463. The van der Waals surface area contributed by atoms with Crippen LogP contribution in [0, 0.1) is 5.92 Å². The molecular formula is C36H44N5O9P. The van der Waals surface area contributed by atoms with E-state index in [1.165, 1.54) is 12.1 Å². The lowest BCUT2D eigenvalue weighted by molar-refractivity contribution is -0.135. The molecule has 51 heavy (non-hydrogen) atoms. The summed E-state index contributed by atoms with van der Waals surface area (Å²) in [6.45, 7) is 0.301. The van der Waals surface area contributed by atoms with Gasteiger partial charge in [0.1, 0.15) is 12.1 Å². The van der Waals surface area contributed by atoms with Gasteiger partial charge in [0.25, 0.3) is 5.91 Å². The molecule has 8 N–H and O–H groups in total. The zero-order chi connectivity index (χ0) is 37.0. The van der Waals surface area contributed by atoms with E-state index in [1.54, 1.807) is 12.1 Å². The third-order valence-corrected chi connectivity index (χ3v) is 9.64. The van der Waals surface area contributed by atoms with Crippen LogP contribution >= 0.6 is 7.60 Å². The van der Waals surface area contributed by atoms with Crippen LogP contribution in [0.1, 0.15) is 55.2 Å².